The van der Waals surface area contributed by atoms with E-state index in [1.807, 2.05) is 39.0 Å². The lowest BCUT2D eigenvalue weighted by atomic mass is 10.1. The first-order chi connectivity index (χ1) is 8.96. The second-order valence-electron chi connectivity index (χ2n) is 6.69. The maximum atomic E-state index is 11.9. The molecule has 0 unspecified atom stereocenters. The highest BCUT2D eigenvalue weighted by molar-refractivity contribution is 9.10. The monoisotopic (exact) mass is 342 g/mol. The van der Waals surface area contributed by atoms with E-state index in [2.05, 4.69) is 47.3 Å². The Labute approximate surface area is 129 Å². The van der Waals surface area contributed by atoms with Gasteiger partial charge < -0.3 is 10.1 Å². The summed E-state index contributed by atoms with van der Waals surface area (Å²) < 4.78 is 6.21. The highest BCUT2D eigenvalue weighted by Gasteiger charge is 2.18. The Morgan fingerprint density at radius 3 is 2.20 bits per heavy atom. The predicted molar refractivity (Wildman–Crippen MR) is 87.4 cm³/mol. The summed E-state index contributed by atoms with van der Waals surface area (Å²) in [7, 11) is 0. The first-order valence-corrected chi connectivity index (χ1v) is 7.33. The third-order valence-corrected chi connectivity index (χ3v) is 2.62. The first kappa shape index (κ1) is 16.8. The van der Waals surface area contributed by atoms with E-state index in [1.54, 1.807) is 0 Å². The number of hydrogen-bond acceptors (Lipinski definition) is 3. The molecule has 2 N–H and O–H groups in total. The van der Waals surface area contributed by atoms with Crippen molar-refractivity contribution in [2.24, 2.45) is 0 Å². The van der Waals surface area contributed by atoms with Gasteiger partial charge in [0.25, 0.3) is 0 Å². The number of rotatable bonds is 2. The minimum atomic E-state index is -0.517. The molecule has 0 aliphatic heterocycles. The number of halogens is 1. The Morgan fingerprint density at radius 1 is 1.10 bits per heavy atom. The molecule has 1 aromatic rings. The fourth-order valence-electron chi connectivity index (χ4n) is 1.55. The van der Waals surface area contributed by atoms with Gasteiger partial charge in [0.05, 0.1) is 11.4 Å². The first-order valence-electron chi connectivity index (χ1n) is 6.54. The maximum absolute atomic E-state index is 11.9. The molecule has 0 aromatic heterocycles. The van der Waals surface area contributed by atoms with Gasteiger partial charge in [-0.25, -0.2) is 4.79 Å². The molecule has 1 rings (SSSR count). The van der Waals surface area contributed by atoms with Gasteiger partial charge in [-0.05, 0) is 59.7 Å². The molecule has 0 aliphatic rings. The van der Waals surface area contributed by atoms with Crippen molar-refractivity contribution < 1.29 is 9.53 Å². The van der Waals surface area contributed by atoms with Crippen LogP contribution in [0.2, 0.25) is 0 Å². The van der Waals surface area contributed by atoms with E-state index < -0.39 is 11.7 Å². The highest BCUT2D eigenvalue weighted by Crippen LogP contribution is 2.29. The Balaban J connectivity index is 2.92. The van der Waals surface area contributed by atoms with Crippen LogP contribution in [0.4, 0.5) is 16.2 Å². The van der Waals surface area contributed by atoms with Gasteiger partial charge in [-0.3, -0.25) is 5.32 Å². The lowest BCUT2D eigenvalue weighted by Crippen LogP contribution is -2.29. The maximum Gasteiger partial charge on any atom is 0.412 e. The molecule has 0 radical (unpaired) electrons. The number of anilines is 2. The number of ether oxygens (including phenoxy) is 1. The van der Waals surface area contributed by atoms with Crippen molar-refractivity contribution in [3.63, 3.8) is 0 Å². The normalized spacial score (nSPS) is 11.9. The molecular weight excluding hydrogens is 320 g/mol. The Kier molecular flexibility index (Phi) is 5.08. The number of amides is 1. The van der Waals surface area contributed by atoms with E-state index in [1.165, 1.54) is 0 Å². The van der Waals surface area contributed by atoms with E-state index in [0.717, 1.165) is 10.2 Å². The van der Waals surface area contributed by atoms with Crippen LogP contribution in [0.1, 0.15) is 41.5 Å². The summed E-state index contributed by atoms with van der Waals surface area (Å²) in [6.45, 7) is 11.7. The van der Waals surface area contributed by atoms with Crippen molar-refractivity contribution in [1.29, 1.82) is 0 Å². The zero-order valence-corrected chi connectivity index (χ0v) is 14.5. The molecule has 4 nitrogen and oxygen atoms in total. The summed E-state index contributed by atoms with van der Waals surface area (Å²) in [6, 6.07) is 5.64. The number of benzene rings is 1. The average molecular weight is 343 g/mol. The van der Waals surface area contributed by atoms with Crippen molar-refractivity contribution in [2.75, 3.05) is 10.6 Å². The molecule has 0 saturated carbocycles. The van der Waals surface area contributed by atoms with Crippen molar-refractivity contribution in [3.8, 4) is 0 Å². The summed E-state index contributed by atoms with van der Waals surface area (Å²) in [4.78, 5) is 11.9. The quantitative estimate of drug-likeness (QED) is 0.794. The van der Waals surface area contributed by atoms with Crippen LogP contribution in [-0.4, -0.2) is 17.2 Å². The summed E-state index contributed by atoms with van der Waals surface area (Å²) >= 11 is 3.43. The van der Waals surface area contributed by atoms with Crippen LogP contribution in [-0.2, 0) is 4.74 Å². The second-order valence-corrected chi connectivity index (χ2v) is 7.61. The molecule has 0 aliphatic carbocycles. The zero-order valence-electron chi connectivity index (χ0n) is 12.9. The van der Waals surface area contributed by atoms with Gasteiger partial charge in [-0.1, -0.05) is 15.9 Å². The lowest BCUT2D eigenvalue weighted by molar-refractivity contribution is 0.0636. The molecule has 1 aromatic carbocycles. The van der Waals surface area contributed by atoms with Gasteiger partial charge in [0.2, 0.25) is 0 Å². The molecule has 0 saturated heterocycles. The average Bonchev–Trinajstić information content (AvgIpc) is 2.17. The minimum absolute atomic E-state index is 0.106. The standard InChI is InChI=1S/C15H23BrN2O2/c1-14(2,3)18-12-9-10(16)7-8-11(12)17-13(19)20-15(4,5)6/h7-9,18H,1-6H3,(H,17,19). The van der Waals surface area contributed by atoms with E-state index >= 15 is 0 Å². The summed E-state index contributed by atoms with van der Waals surface area (Å²) in [5, 5.41) is 6.13. The van der Waals surface area contributed by atoms with E-state index in [-0.39, 0.29) is 5.54 Å². The highest BCUT2D eigenvalue weighted by atomic mass is 79.9. The van der Waals surface area contributed by atoms with Crippen molar-refractivity contribution >= 4 is 33.4 Å². The molecule has 0 fully saturated rings. The molecule has 0 atom stereocenters. The van der Waals surface area contributed by atoms with Gasteiger partial charge in [-0.15, -0.1) is 0 Å². The fraction of sp³-hybridized carbons (Fsp3) is 0.533. The molecule has 5 heteroatoms. The number of hydrogen-bond donors (Lipinski definition) is 2. The van der Waals surface area contributed by atoms with Crippen LogP contribution < -0.4 is 10.6 Å². The van der Waals surface area contributed by atoms with Crippen LogP contribution in [0.25, 0.3) is 0 Å². The Bertz CT molecular complexity index is 488. The summed E-state index contributed by atoms with van der Waals surface area (Å²) in [5.41, 5.74) is 0.914. The molecular formula is C15H23BrN2O2. The fourth-order valence-corrected chi connectivity index (χ4v) is 1.91. The number of nitrogens with one attached hydrogen (secondary N) is 2. The van der Waals surface area contributed by atoms with E-state index in [4.69, 9.17) is 4.74 Å². The van der Waals surface area contributed by atoms with E-state index in [9.17, 15) is 4.79 Å². The molecule has 0 bridgehead atoms. The van der Waals surface area contributed by atoms with Crippen LogP contribution in [0, 0.1) is 0 Å². The van der Waals surface area contributed by atoms with Crippen LogP contribution >= 0.6 is 15.9 Å². The number of carbonyl (C=O) groups is 1. The second kappa shape index (κ2) is 6.04. The van der Waals surface area contributed by atoms with Gasteiger partial charge in [0.1, 0.15) is 5.60 Å². The molecule has 0 heterocycles. The third kappa shape index (κ3) is 6.28. The predicted octanol–water partition coefficient (Wildman–Crippen LogP) is 5.01. The van der Waals surface area contributed by atoms with Gasteiger partial charge in [0.15, 0.2) is 0 Å². The summed E-state index contributed by atoms with van der Waals surface area (Å²) in [5.74, 6) is 0. The molecule has 1 amide bonds. The topological polar surface area (TPSA) is 50.4 Å². The molecule has 20 heavy (non-hydrogen) atoms. The SMILES string of the molecule is CC(C)(C)Nc1cc(Br)ccc1NC(=O)OC(C)(C)C. The van der Waals surface area contributed by atoms with Crippen molar-refractivity contribution in [1.82, 2.24) is 0 Å². The smallest absolute Gasteiger partial charge is 0.412 e. The van der Waals surface area contributed by atoms with Crippen molar-refractivity contribution in [2.45, 2.75) is 52.7 Å². The lowest BCUT2D eigenvalue weighted by Gasteiger charge is -2.25. The van der Waals surface area contributed by atoms with Gasteiger partial charge >= 0.3 is 6.09 Å². The number of carbonyl (C=O) groups excluding carboxylic acids is 1. The van der Waals surface area contributed by atoms with Gasteiger partial charge in [0, 0.05) is 10.0 Å². The zero-order chi connectivity index (χ0) is 15.6. The van der Waals surface area contributed by atoms with Crippen LogP contribution in [0.15, 0.2) is 22.7 Å². The van der Waals surface area contributed by atoms with Crippen LogP contribution in [0.5, 0.6) is 0 Å². The summed E-state index contributed by atoms with van der Waals surface area (Å²) in [6.07, 6.45) is -0.461. The van der Waals surface area contributed by atoms with E-state index in [0.29, 0.717) is 5.69 Å². The Hall–Kier alpha value is -1.23. The van der Waals surface area contributed by atoms with Crippen LogP contribution in [0.3, 0.4) is 0 Å². The molecule has 112 valence electrons. The Morgan fingerprint density at radius 2 is 1.70 bits per heavy atom. The van der Waals surface area contributed by atoms with Crippen molar-refractivity contribution in [3.05, 3.63) is 22.7 Å². The molecule has 0 spiro atoms. The van der Waals surface area contributed by atoms with Gasteiger partial charge in [-0.2, -0.15) is 0 Å². The minimum Gasteiger partial charge on any atom is -0.444 e. The third-order valence-electron chi connectivity index (χ3n) is 2.13. The largest absolute Gasteiger partial charge is 0.444 e.